The molecule has 3 N–H and O–H groups in total. The maximum absolute atomic E-state index is 9.92. The summed E-state index contributed by atoms with van der Waals surface area (Å²) in [6, 6.07) is 3.68. The zero-order valence-electron chi connectivity index (χ0n) is 9.21. The summed E-state index contributed by atoms with van der Waals surface area (Å²) in [5.41, 5.74) is 7.80. The van der Waals surface area contributed by atoms with Gasteiger partial charge in [-0.1, -0.05) is 0 Å². The van der Waals surface area contributed by atoms with Crippen LogP contribution in [0.2, 0.25) is 0 Å². The van der Waals surface area contributed by atoms with E-state index in [4.69, 9.17) is 10.5 Å². The van der Waals surface area contributed by atoms with Crippen molar-refractivity contribution in [1.82, 2.24) is 0 Å². The van der Waals surface area contributed by atoms with Crippen LogP contribution in [0.15, 0.2) is 12.1 Å². The number of aromatic hydroxyl groups is 1. The van der Waals surface area contributed by atoms with Gasteiger partial charge in [0.25, 0.3) is 0 Å². The van der Waals surface area contributed by atoms with Crippen molar-refractivity contribution in [2.24, 2.45) is 5.73 Å². The van der Waals surface area contributed by atoms with E-state index in [9.17, 15) is 5.11 Å². The molecule has 1 fully saturated rings. The average Bonchev–Trinajstić information content (AvgIpc) is 3.01. The Kier molecular flexibility index (Phi) is 2.35. The number of nitrogens with two attached hydrogens (primary N) is 1. The van der Waals surface area contributed by atoms with E-state index in [1.807, 2.05) is 13.0 Å². The summed E-state index contributed by atoms with van der Waals surface area (Å²) in [7, 11) is 1.61. The van der Waals surface area contributed by atoms with Crippen molar-refractivity contribution in [3.8, 4) is 11.5 Å². The van der Waals surface area contributed by atoms with Gasteiger partial charge in [-0.25, -0.2) is 0 Å². The Morgan fingerprint density at radius 1 is 1.47 bits per heavy atom. The van der Waals surface area contributed by atoms with Crippen LogP contribution < -0.4 is 10.5 Å². The van der Waals surface area contributed by atoms with Gasteiger partial charge in [0, 0.05) is 23.6 Å². The number of ether oxygens (including phenoxy) is 1. The van der Waals surface area contributed by atoms with Gasteiger partial charge in [-0.05, 0) is 31.4 Å². The Balaban J connectivity index is 2.45. The lowest BCUT2D eigenvalue weighted by molar-refractivity contribution is 0.401. The van der Waals surface area contributed by atoms with Crippen LogP contribution in [-0.2, 0) is 5.41 Å². The van der Waals surface area contributed by atoms with Crippen molar-refractivity contribution in [3.63, 3.8) is 0 Å². The fourth-order valence-electron chi connectivity index (χ4n) is 2.06. The first-order chi connectivity index (χ1) is 7.13. The van der Waals surface area contributed by atoms with E-state index in [0.717, 1.165) is 29.7 Å². The summed E-state index contributed by atoms with van der Waals surface area (Å²) in [6.45, 7) is 2.58. The molecule has 0 saturated heterocycles. The summed E-state index contributed by atoms with van der Waals surface area (Å²) in [5, 5.41) is 9.92. The van der Waals surface area contributed by atoms with Crippen LogP contribution in [0.3, 0.4) is 0 Å². The third-order valence-corrected chi connectivity index (χ3v) is 3.33. The molecule has 0 aromatic heterocycles. The third kappa shape index (κ3) is 1.57. The molecule has 1 aliphatic carbocycles. The first-order valence-corrected chi connectivity index (χ1v) is 5.21. The molecule has 0 spiro atoms. The fraction of sp³-hybridized carbons (Fsp3) is 0.500. The second kappa shape index (κ2) is 3.42. The van der Waals surface area contributed by atoms with E-state index in [-0.39, 0.29) is 5.41 Å². The highest BCUT2D eigenvalue weighted by atomic mass is 16.5. The summed E-state index contributed by atoms with van der Waals surface area (Å²) >= 11 is 0. The summed E-state index contributed by atoms with van der Waals surface area (Å²) in [5.74, 6) is 1.03. The second-order valence-electron chi connectivity index (χ2n) is 4.32. The molecule has 0 radical (unpaired) electrons. The highest BCUT2D eigenvalue weighted by molar-refractivity contribution is 5.50. The molecule has 0 amide bonds. The lowest BCUT2D eigenvalue weighted by Crippen LogP contribution is -2.20. The van der Waals surface area contributed by atoms with Crippen LogP contribution in [-0.4, -0.2) is 18.8 Å². The van der Waals surface area contributed by atoms with Gasteiger partial charge in [0.05, 0.1) is 7.11 Å². The van der Waals surface area contributed by atoms with E-state index in [2.05, 4.69) is 0 Å². The standard InChI is InChI=1S/C12H17NO2/c1-8-5-9(12(7-13)3-4-12)10(14)6-11(8)15-2/h5-6,14H,3-4,7,13H2,1-2H3. The Bertz CT molecular complexity index is 383. The molecule has 0 aliphatic heterocycles. The predicted molar refractivity (Wildman–Crippen MR) is 59.4 cm³/mol. The summed E-state index contributed by atoms with van der Waals surface area (Å²) in [6.07, 6.45) is 2.14. The van der Waals surface area contributed by atoms with E-state index in [0.29, 0.717) is 12.3 Å². The van der Waals surface area contributed by atoms with Crippen LogP contribution in [0.4, 0.5) is 0 Å². The number of aryl methyl sites for hydroxylation is 1. The molecule has 1 saturated carbocycles. The van der Waals surface area contributed by atoms with Gasteiger partial charge < -0.3 is 15.6 Å². The normalized spacial score (nSPS) is 17.5. The molecule has 1 aromatic carbocycles. The van der Waals surface area contributed by atoms with Crippen LogP contribution in [0.25, 0.3) is 0 Å². The molecular formula is C12H17NO2. The number of benzene rings is 1. The maximum atomic E-state index is 9.92. The smallest absolute Gasteiger partial charge is 0.125 e. The fourth-order valence-corrected chi connectivity index (χ4v) is 2.06. The number of phenols is 1. The Morgan fingerprint density at radius 2 is 2.13 bits per heavy atom. The van der Waals surface area contributed by atoms with Gasteiger partial charge in [0.15, 0.2) is 0 Å². The minimum Gasteiger partial charge on any atom is -0.508 e. The van der Waals surface area contributed by atoms with Gasteiger partial charge in [-0.3, -0.25) is 0 Å². The highest BCUT2D eigenvalue weighted by Gasteiger charge is 2.44. The Labute approximate surface area is 89.9 Å². The van der Waals surface area contributed by atoms with Crippen molar-refractivity contribution in [3.05, 3.63) is 23.3 Å². The molecule has 0 atom stereocenters. The Hall–Kier alpha value is -1.22. The first-order valence-electron chi connectivity index (χ1n) is 5.21. The van der Waals surface area contributed by atoms with E-state index in [1.165, 1.54) is 0 Å². The predicted octanol–water partition coefficient (Wildman–Crippen LogP) is 1.70. The highest BCUT2D eigenvalue weighted by Crippen LogP contribution is 2.51. The molecule has 3 heteroatoms. The molecule has 0 heterocycles. The van der Waals surface area contributed by atoms with Gasteiger partial charge >= 0.3 is 0 Å². The third-order valence-electron chi connectivity index (χ3n) is 3.33. The van der Waals surface area contributed by atoms with E-state index >= 15 is 0 Å². The minimum atomic E-state index is 0.0289. The molecule has 0 bridgehead atoms. The summed E-state index contributed by atoms with van der Waals surface area (Å²) in [4.78, 5) is 0. The van der Waals surface area contributed by atoms with Crippen molar-refractivity contribution in [1.29, 1.82) is 0 Å². The SMILES string of the molecule is COc1cc(O)c(C2(CN)CC2)cc1C. The topological polar surface area (TPSA) is 55.5 Å². The Morgan fingerprint density at radius 3 is 2.60 bits per heavy atom. The molecule has 1 aliphatic rings. The van der Waals surface area contributed by atoms with Crippen molar-refractivity contribution < 1.29 is 9.84 Å². The molecular weight excluding hydrogens is 190 g/mol. The molecule has 82 valence electrons. The largest absolute Gasteiger partial charge is 0.508 e. The van der Waals surface area contributed by atoms with Crippen LogP contribution in [0.5, 0.6) is 11.5 Å². The van der Waals surface area contributed by atoms with Crippen LogP contribution in [0, 0.1) is 6.92 Å². The minimum absolute atomic E-state index is 0.0289. The maximum Gasteiger partial charge on any atom is 0.125 e. The summed E-state index contributed by atoms with van der Waals surface area (Å²) < 4.78 is 5.16. The quantitative estimate of drug-likeness (QED) is 0.793. The van der Waals surface area contributed by atoms with Crippen molar-refractivity contribution >= 4 is 0 Å². The van der Waals surface area contributed by atoms with Crippen LogP contribution in [0.1, 0.15) is 24.0 Å². The monoisotopic (exact) mass is 207 g/mol. The number of rotatable bonds is 3. The van der Waals surface area contributed by atoms with Gasteiger partial charge in [-0.2, -0.15) is 0 Å². The zero-order chi connectivity index (χ0) is 11.1. The van der Waals surface area contributed by atoms with Crippen LogP contribution >= 0.6 is 0 Å². The number of hydrogen-bond acceptors (Lipinski definition) is 3. The van der Waals surface area contributed by atoms with Gasteiger partial charge in [0.1, 0.15) is 11.5 Å². The van der Waals surface area contributed by atoms with E-state index in [1.54, 1.807) is 13.2 Å². The van der Waals surface area contributed by atoms with Crippen molar-refractivity contribution in [2.75, 3.05) is 13.7 Å². The number of methoxy groups -OCH3 is 1. The first kappa shape index (κ1) is 10.3. The second-order valence-corrected chi connectivity index (χ2v) is 4.32. The molecule has 2 rings (SSSR count). The van der Waals surface area contributed by atoms with Gasteiger partial charge in [0.2, 0.25) is 0 Å². The molecule has 1 aromatic rings. The number of hydrogen-bond donors (Lipinski definition) is 2. The van der Waals surface area contributed by atoms with E-state index < -0.39 is 0 Å². The van der Waals surface area contributed by atoms with Crippen molar-refractivity contribution in [2.45, 2.75) is 25.2 Å². The average molecular weight is 207 g/mol. The van der Waals surface area contributed by atoms with Gasteiger partial charge in [-0.15, -0.1) is 0 Å². The lowest BCUT2D eigenvalue weighted by atomic mass is 9.93. The molecule has 3 nitrogen and oxygen atoms in total. The lowest BCUT2D eigenvalue weighted by Gasteiger charge is -2.17. The zero-order valence-corrected chi connectivity index (χ0v) is 9.21. The number of phenolic OH excluding ortho intramolecular Hbond substituents is 1. The molecule has 15 heavy (non-hydrogen) atoms. The molecule has 0 unspecified atom stereocenters.